The van der Waals surface area contributed by atoms with Gasteiger partial charge in [-0.25, -0.2) is 0 Å². The average Bonchev–Trinajstić information content (AvgIpc) is 2.85. The van der Waals surface area contributed by atoms with Crippen LogP contribution < -0.4 is 5.32 Å². The highest BCUT2D eigenvalue weighted by atomic mass is 16.2. The van der Waals surface area contributed by atoms with Gasteiger partial charge in [0, 0.05) is 18.4 Å². The number of rotatable bonds is 6. The van der Waals surface area contributed by atoms with Crippen molar-refractivity contribution in [1.82, 2.24) is 10.2 Å². The fourth-order valence-corrected chi connectivity index (χ4v) is 4.72. The second-order valence-electron chi connectivity index (χ2n) is 9.18. The van der Waals surface area contributed by atoms with E-state index in [1.807, 2.05) is 65.0 Å². The van der Waals surface area contributed by atoms with E-state index in [9.17, 15) is 14.4 Å². The Morgan fingerprint density at radius 1 is 1.21 bits per heavy atom. The van der Waals surface area contributed by atoms with Gasteiger partial charge in [-0.05, 0) is 37.2 Å². The van der Waals surface area contributed by atoms with E-state index in [-0.39, 0.29) is 35.1 Å². The third-order valence-electron chi connectivity index (χ3n) is 7.34. The number of hydrogen-bond acceptors (Lipinski definition) is 3. The quantitative estimate of drug-likeness (QED) is 0.765. The molecule has 0 radical (unpaired) electrons. The highest BCUT2D eigenvalue weighted by Crippen LogP contribution is 2.60. The Hall–Kier alpha value is -2.17. The molecule has 3 amide bonds. The topological polar surface area (TPSA) is 66.5 Å². The van der Waals surface area contributed by atoms with Crippen LogP contribution in [0.25, 0.3) is 0 Å². The number of carbonyl (C=O) groups is 3. The molecule has 1 saturated carbocycles. The van der Waals surface area contributed by atoms with E-state index in [0.29, 0.717) is 19.3 Å². The van der Waals surface area contributed by atoms with E-state index in [1.165, 1.54) is 4.90 Å². The molecule has 1 N–H and O–H groups in total. The van der Waals surface area contributed by atoms with Gasteiger partial charge in [0.1, 0.15) is 6.04 Å². The van der Waals surface area contributed by atoms with E-state index in [2.05, 4.69) is 5.32 Å². The Morgan fingerprint density at radius 2 is 1.86 bits per heavy atom. The molecule has 1 heterocycles. The Labute approximate surface area is 167 Å². The molecule has 0 spiro atoms. The molecule has 1 aromatic carbocycles. The Kier molecular flexibility index (Phi) is 5.39. The highest BCUT2D eigenvalue weighted by molar-refractivity contribution is 6.07. The third-order valence-corrected chi connectivity index (χ3v) is 7.34. The van der Waals surface area contributed by atoms with Crippen LogP contribution in [0.5, 0.6) is 0 Å². The Morgan fingerprint density at radius 3 is 2.46 bits per heavy atom. The highest BCUT2D eigenvalue weighted by Gasteiger charge is 2.65. The minimum atomic E-state index is -0.813. The normalized spacial score (nSPS) is 28.2. The number of carbonyl (C=O) groups excluding carboxylic acids is 3. The molecule has 4 atom stereocenters. The maximum absolute atomic E-state index is 13.5. The van der Waals surface area contributed by atoms with Gasteiger partial charge in [-0.3, -0.25) is 19.3 Å². The molecule has 4 unspecified atom stereocenters. The fraction of sp³-hybridized carbons (Fsp3) is 0.609. The first-order valence-corrected chi connectivity index (χ1v) is 10.3. The number of nitrogens with one attached hydrogen (secondary N) is 1. The van der Waals surface area contributed by atoms with Crippen molar-refractivity contribution >= 4 is 17.7 Å². The maximum Gasteiger partial charge on any atom is 0.243 e. The van der Waals surface area contributed by atoms with E-state index < -0.39 is 11.5 Å². The molecule has 2 aliphatic rings. The molecule has 1 aromatic rings. The van der Waals surface area contributed by atoms with Gasteiger partial charge in [-0.15, -0.1) is 0 Å². The second-order valence-corrected chi connectivity index (χ2v) is 9.18. The SMILES string of the molecule is CCC(C)NC(=O)C(Cc1ccccc1)N1C(=O)C2CCC(C)(C1=O)C2(C)C. The Balaban J connectivity index is 1.98. The summed E-state index contributed by atoms with van der Waals surface area (Å²) in [6.07, 6.45) is 2.52. The summed E-state index contributed by atoms with van der Waals surface area (Å²) in [5, 5.41) is 2.99. The summed E-state index contributed by atoms with van der Waals surface area (Å²) in [5.74, 6) is -0.853. The van der Waals surface area contributed by atoms with E-state index >= 15 is 0 Å². The number of hydrogen-bond donors (Lipinski definition) is 1. The van der Waals surface area contributed by atoms with Crippen molar-refractivity contribution in [3.63, 3.8) is 0 Å². The van der Waals surface area contributed by atoms with Crippen molar-refractivity contribution < 1.29 is 14.4 Å². The van der Waals surface area contributed by atoms with Crippen molar-refractivity contribution in [1.29, 1.82) is 0 Å². The smallest absolute Gasteiger partial charge is 0.243 e. The number of likely N-dealkylation sites (tertiary alicyclic amines) is 1. The van der Waals surface area contributed by atoms with Gasteiger partial charge in [-0.2, -0.15) is 0 Å². The predicted molar refractivity (Wildman–Crippen MR) is 108 cm³/mol. The first kappa shape index (κ1) is 20.6. The van der Waals surface area contributed by atoms with Crippen LogP contribution in [0, 0.1) is 16.7 Å². The van der Waals surface area contributed by atoms with Crippen LogP contribution in [0.15, 0.2) is 30.3 Å². The lowest BCUT2D eigenvalue weighted by molar-refractivity contribution is -0.173. The molecular weight excluding hydrogens is 352 g/mol. The maximum atomic E-state index is 13.5. The predicted octanol–water partition coefficient (Wildman–Crippen LogP) is 3.32. The lowest BCUT2D eigenvalue weighted by Crippen LogP contribution is -2.65. The molecule has 3 rings (SSSR count). The summed E-state index contributed by atoms with van der Waals surface area (Å²) < 4.78 is 0. The van der Waals surface area contributed by atoms with Gasteiger partial charge >= 0.3 is 0 Å². The summed E-state index contributed by atoms with van der Waals surface area (Å²) in [5.41, 5.74) is -0.0611. The number of imide groups is 1. The minimum Gasteiger partial charge on any atom is -0.352 e. The van der Waals surface area contributed by atoms with Crippen LogP contribution in [0.4, 0.5) is 0 Å². The van der Waals surface area contributed by atoms with Crippen LogP contribution in [0.1, 0.15) is 59.4 Å². The standard InChI is InChI=1S/C23H32N2O3/c1-6-15(2)24-19(26)18(14-16-10-8-7-9-11-16)25-20(27)17-12-13-23(5,21(25)28)22(17,3)4/h7-11,15,17-18H,6,12-14H2,1-5H3,(H,24,26). The molecule has 2 fully saturated rings. The molecule has 1 aliphatic carbocycles. The van der Waals surface area contributed by atoms with Crippen molar-refractivity contribution in [3.05, 3.63) is 35.9 Å². The van der Waals surface area contributed by atoms with Crippen LogP contribution >= 0.6 is 0 Å². The average molecular weight is 385 g/mol. The van der Waals surface area contributed by atoms with Gasteiger partial charge in [-0.1, -0.05) is 58.0 Å². The fourth-order valence-electron chi connectivity index (χ4n) is 4.72. The van der Waals surface area contributed by atoms with E-state index in [4.69, 9.17) is 0 Å². The van der Waals surface area contributed by atoms with Crippen molar-refractivity contribution in [2.45, 2.75) is 72.4 Å². The molecule has 5 heteroatoms. The van der Waals surface area contributed by atoms with Gasteiger partial charge in [0.15, 0.2) is 0 Å². The van der Waals surface area contributed by atoms with Crippen LogP contribution in [0.3, 0.4) is 0 Å². The molecular formula is C23H32N2O3. The molecule has 1 saturated heterocycles. The minimum absolute atomic E-state index is 0.00971. The van der Waals surface area contributed by atoms with Gasteiger partial charge in [0.05, 0.1) is 5.41 Å². The summed E-state index contributed by atoms with van der Waals surface area (Å²) in [6.45, 7) is 9.93. The number of amides is 3. The summed E-state index contributed by atoms with van der Waals surface area (Å²) in [4.78, 5) is 41.4. The largest absolute Gasteiger partial charge is 0.352 e. The van der Waals surface area contributed by atoms with Crippen LogP contribution in [-0.4, -0.2) is 34.7 Å². The molecule has 2 bridgehead atoms. The number of benzene rings is 1. The Bertz CT molecular complexity index is 773. The first-order valence-electron chi connectivity index (χ1n) is 10.3. The lowest BCUT2D eigenvalue weighted by Gasteiger charge is -2.49. The van der Waals surface area contributed by atoms with Crippen LogP contribution in [-0.2, 0) is 20.8 Å². The molecule has 152 valence electrons. The number of piperidine rings is 1. The van der Waals surface area contributed by atoms with Crippen LogP contribution in [0.2, 0.25) is 0 Å². The summed E-state index contributed by atoms with van der Waals surface area (Å²) in [7, 11) is 0. The van der Waals surface area contributed by atoms with Gasteiger partial charge in [0.2, 0.25) is 17.7 Å². The zero-order valence-electron chi connectivity index (χ0n) is 17.6. The monoisotopic (exact) mass is 384 g/mol. The van der Waals surface area contributed by atoms with Gasteiger partial charge < -0.3 is 5.32 Å². The summed E-state index contributed by atoms with van der Waals surface area (Å²) >= 11 is 0. The summed E-state index contributed by atoms with van der Waals surface area (Å²) in [6, 6.07) is 8.78. The van der Waals surface area contributed by atoms with Crippen molar-refractivity contribution in [3.8, 4) is 0 Å². The molecule has 0 aromatic heterocycles. The zero-order valence-corrected chi connectivity index (χ0v) is 17.6. The lowest BCUT2D eigenvalue weighted by atomic mass is 9.62. The third kappa shape index (κ3) is 3.15. The second kappa shape index (κ2) is 7.34. The molecule has 1 aliphatic heterocycles. The number of nitrogens with zero attached hydrogens (tertiary/aromatic N) is 1. The zero-order chi connectivity index (χ0) is 20.7. The first-order chi connectivity index (χ1) is 13.1. The van der Waals surface area contributed by atoms with Crippen molar-refractivity contribution in [2.24, 2.45) is 16.7 Å². The molecule has 28 heavy (non-hydrogen) atoms. The van der Waals surface area contributed by atoms with Gasteiger partial charge in [0.25, 0.3) is 0 Å². The van der Waals surface area contributed by atoms with E-state index in [1.54, 1.807) is 0 Å². The van der Waals surface area contributed by atoms with E-state index in [0.717, 1.165) is 12.0 Å². The van der Waals surface area contributed by atoms with Crippen molar-refractivity contribution in [2.75, 3.05) is 0 Å². The number of fused-ring (bicyclic) bond motifs is 2. The molecule has 5 nitrogen and oxygen atoms in total.